The maximum absolute atomic E-state index is 6.46. The van der Waals surface area contributed by atoms with Crippen LogP contribution >= 0.6 is 15.9 Å². The van der Waals surface area contributed by atoms with Gasteiger partial charge < -0.3 is 10.5 Å². The van der Waals surface area contributed by atoms with Crippen molar-refractivity contribution in [3.63, 3.8) is 0 Å². The summed E-state index contributed by atoms with van der Waals surface area (Å²) in [6, 6.07) is 17.2. The molecule has 1 fully saturated rings. The SMILES string of the molecule is NC[C@H]1CCN([C@@H]2Cc3ccccc3[C@H]2Oc2ccc(Br)cc2)C1. The lowest BCUT2D eigenvalue weighted by Gasteiger charge is -2.30. The van der Waals surface area contributed by atoms with Crippen LogP contribution in [-0.4, -0.2) is 30.6 Å². The Morgan fingerprint density at radius 3 is 2.67 bits per heavy atom. The van der Waals surface area contributed by atoms with Crippen molar-refractivity contribution in [3.05, 3.63) is 64.1 Å². The fraction of sp³-hybridized carbons (Fsp3) is 0.400. The van der Waals surface area contributed by atoms with Crippen LogP contribution in [-0.2, 0) is 6.42 Å². The Labute approximate surface area is 151 Å². The Morgan fingerprint density at radius 1 is 1.12 bits per heavy atom. The van der Waals surface area contributed by atoms with Crippen molar-refractivity contribution in [2.24, 2.45) is 11.7 Å². The van der Waals surface area contributed by atoms with E-state index in [4.69, 9.17) is 10.5 Å². The van der Waals surface area contributed by atoms with Crippen molar-refractivity contribution in [1.29, 1.82) is 0 Å². The van der Waals surface area contributed by atoms with Crippen LogP contribution in [0.2, 0.25) is 0 Å². The number of hydrogen-bond acceptors (Lipinski definition) is 3. The van der Waals surface area contributed by atoms with Gasteiger partial charge in [-0.2, -0.15) is 0 Å². The molecule has 2 aromatic rings. The van der Waals surface area contributed by atoms with Crippen molar-refractivity contribution < 1.29 is 4.74 Å². The molecule has 126 valence electrons. The minimum absolute atomic E-state index is 0.0962. The Hall–Kier alpha value is -1.36. The lowest BCUT2D eigenvalue weighted by Crippen LogP contribution is -2.39. The molecular formula is C20H23BrN2O. The van der Waals surface area contributed by atoms with Crippen LogP contribution in [0.15, 0.2) is 53.0 Å². The average molecular weight is 387 g/mol. The number of benzene rings is 2. The second kappa shape index (κ2) is 6.87. The zero-order chi connectivity index (χ0) is 16.5. The number of hydrogen-bond donors (Lipinski definition) is 1. The number of nitrogens with two attached hydrogens (primary N) is 1. The van der Waals surface area contributed by atoms with E-state index in [1.165, 1.54) is 17.5 Å². The van der Waals surface area contributed by atoms with Gasteiger partial charge in [0, 0.05) is 11.0 Å². The largest absolute Gasteiger partial charge is 0.484 e. The van der Waals surface area contributed by atoms with E-state index in [0.717, 1.165) is 36.3 Å². The van der Waals surface area contributed by atoms with Gasteiger partial charge in [0.05, 0.1) is 6.04 Å². The van der Waals surface area contributed by atoms with Gasteiger partial charge >= 0.3 is 0 Å². The number of ether oxygens (including phenoxy) is 1. The molecule has 4 rings (SSSR count). The fourth-order valence-electron chi connectivity index (χ4n) is 4.02. The zero-order valence-corrected chi connectivity index (χ0v) is 15.3. The molecule has 0 amide bonds. The van der Waals surface area contributed by atoms with Crippen molar-refractivity contribution in [2.45, 2.75) is 25.0 Å². The van der Waals surface area contributed by atoms with E-state index < -0.39 is 0 Å². The number of likely N-dealkylation sites (tertiary alicyclic amines) is 1. The molecule has 1 saturated heterocycles. The summed E-state index contributed by atoms with van der Waals surface area (Å²) in [4.78, 5) is 2.58. The predicted molar refractivity (Wildman–Crippen MR) is 100 cm³/mol. The highest BCUT2D eigenvalue weighted by atomic mass is 79.9. The minimum Gasteiger partial charge on any atom is -0.484 e. The monoisotopic (exact) mass is 386 g/mol. The minimum atomic E-state index is 0.0962. The van der Waals surface area contributed by atoms with Gasteiger partial charge in [0.15, 0.2) is 0 Å². The molecule has 2 aliphatic rings. The highest BCUT2D eigenvalue weighted by Crippen LogP contribution is 2.39. The van der Waals surface area contributed by atoms with Crippen molar-refractivity contribution in [2.75, 3.05) is 19.6 Å². The lowest BCUT2D eigenvalue weighted by molar-refractivity contribution is 0.0917. The van der Waals surface area contributed by atoms with Gasteiger partial charge in [0.25, 0.3) is 0 Å². The molecule has 24 heavy (non-hydrogen) atoms. The van der Waals surface area contributed by atoms with Crippen LogP contribution in [0.3, 0.4) is 0 Å². The molecular weight excluding hydrogens is 364 g/mol. The summed E-state index contributed by atoms with van der Waals surface area (Å²) in [5.74, 6) is 1.56. The predicted octanol–water partition coefficient (Wildman–Crippen LogP) is 3.77. The summed E-state index contributed by atoms with van der Waals surface area (Å²) in [5.41, 5.74) is 8.64. The Balaban J connectivity index is 1.60. The maximum Gasteiger partial charge on any atom is 0.140 e. The molecule has 0 aromatic heterocycles. The molecule has 3 atom stereocenters. The molecule has 1 heterocycles. The molecule has 0 unspecified atom stereocenters. The van der Waals surface area contributed by atoms with Crippen LogP contribution in [0.5, 0.6) is 5.75 Å². The molecule has 4 heteroatoms. The summed E-state index contributed by atoms with van der Waals surface area (Å²) in [6.45, 7) is 3.00. The summed E-state index contributed by atoms with van der Waals surface area (Å²) in [5, 5.41) is 0. The average Bonchev–Trinajstić information content (AvgIpc) is 3.22. The molecule has 2 aromatic carbocycles. The number of nitrogens with zero attached hydrogens (tertiary/aromatic N) is 1. The van der Waals surface area contributed by atoms with E-state index >= 15 is 0 Å². The summed E-state index contributed by atoms with van der Waals surface area (Å²) in [7, 11) is 0. The molecule has 2 N–H and O–H groups in total. The van der Waals surface area contributed by atoms with Crippen molar-refractivity contribution >= 4 is 15.9 Å². The van der Waals surface area contributed by atoms with E-state index in [0.29, 0.717) is 12.0 Å². The molecule has 3 nitrogen and oxygen atoms in total. The Bertz CT molecular complexity index is 703. The third-order valence-electron chi connectivity index (χ3n) is 5.34. The number of halogens is 1. The normalized spacial score (nSPS) is 26.5. The van der Waals surface area contributed by atoms with Crippen LogP contribution in [0, 0.1) is 5.92 Å². The third-order valence-corrected chi connectivity index (χ3v) is 5.87. The van der Waals surface area contributed by atoms with Gasteiger partial charge in [0.1, 0.15) is 11.9 Å². The first kappa shape index (κ1) is 16.1. The third kappa shape index (κ3) is 3.10. The van der Waals surface area contributed by atoms with E-state index in [9.17, 15) is 0 Å². The highest BCUT2D eigenvalue weighted by Gasteiger charge is 2.40. The van der Waals surface area contributed by atoms with Crippen LogP contribution in [0.1, 0.15) is 23.7 Å². The highest BCUT2D eigenvalue weighted by molar-refractivity contribution is 9.10. The smallest absolute Gasteiger partial charge is 0.140 e. The molecule has 0 saturated carbocycles. The maximum atomic E-state index is 6.46. The van der Waals surface area contributed by atoms with Gasteiger partial charge in [0.2, 0.25) is 0 Å². The molecule has 0 radical (unpaired) electrons. The first-order valence-corrected chi connectivity index (χ1v) is 9.48. The molecule has 1 aliphatic carbocycles. The van der Waals surface area contributed by atoms with Gasteiger partial charge in [-0.15, -0.1) is 0 Å². The first-order valence-electron chi connectivity index (χ1n) is 8.68. The second-order valence-electron chi connectivity index (χ2n) is 6.85. The zero-order valence-electron chi connectivity index (χ0n) is 13.7. The quantitative estimate of drug-likeness (QED) is 0.868. The van der Waals surface area contributed by atoms with Gasteiger partial charge in [-0.1, -0.05) is 40.2 Å². The van der Waals surface area contributed by atoms with Gasteiger partial charge in [-0.25, -0.2) is 0 Å². The van der Waals surface area contributed by atoms with Crippen LogP contribution in [0.25, 0.3) is 0 Å². The topological polar surface area (TPSA) is 38.5 Å². The summed E-state index contributed by atoms with van der Waals surface area (Å²) in [6.07, 6.45) is 2.36. The lowest BCUT2D eigenvalue weighted by atomic mass is 10.1. The van der Waals surface area contributed by atoms with Crippen LogP contribution < -0.4 is 10.5 Å². The second-order valence-corrected chi connectivity index (χ2v) is 7.76. The first-order chi connectivity index (χ1) is 11.7. The van der Waals surface area contributed by atoms with E-state index in [1.54, 1.807) is 0 Å². The number of rotatable bonds is 4. The molecule has 1 aliphatic heterocycles. The summed E-state index contributed by atoms with van der Waals surface area (Å²) < 4.78 is 7.53. The molecule has 0 spiro atoms. The van der Waals surface area contributed by atoms with Crippen molar-refractivity contribution in [1.82, 2.24) is 4.90 Å². The van der Waals surface area contributed by atoms with E-state index in [2.05, 4.69) is 45.1 Å². The Morgan fingerprint density at radius 2 is 1.92 bits per heavy atom. The van der Waals surface area contributed by atoms with E-state index in [1.807, 2.05) is 24.3 Å². The molecule has 0 bridgehead atoms. The van der Waals surface area contributed by atoms with Crippen molar-refractivity contribution in [3.8, 4) is 5.75 Å². The number of fused-ring (bicyclic) bond motifs is 1. The summed E-state index contributed by atoms with van der Waals surface area (Å²) >= 11 is 3.49. The van der Waals surface area contributed by atoms with Crippen LogP contribution in [0.4, 0.5) is 0 Å². The standard InChI is InChI=1S/C20H23BrN2O/c21-16-5-7-17(8-6-16)24-20-18-4-2-1-3-15(18)11-19(20)23-10-9-14(12-22)13-23/h1-8,14,19-20H,9-13,22H2/t14-,19-,20-/m1/s1. The fourth-order valence-corrected chi connectivity index (χ4v) is 4.28. The van der Waals surface area contributed by atoms with Gasteiger partial charge in [-0.3, -0.25) is 4.90 Å². The Kier molecular flexibility index (Phi) is 4.61. The van der Waals surface area contributed by atoms with Gasteiger partial charge in [-0.05, 0) is 67.2 Å². The van der Waals surface area contributed by atoms with E-state index in [-0.39, 0.29) is 6.10 Å².